The van der Waals surface area contributed by atoms with Gasteiger partial charge < -0.3 is 10.1 Å². The summed E-state index contributed by atoms with van der Waals surface area (Å²) in [6.45, 7) is -0.512. The molecule has 0 spiro atoms. The molecule has 4 rings (SSSR count). The highest BCUT2D eigenvalue weighted by Crippen LogP contribution is 2.53. The van der Waals surface area contributed by atoms with Crippen LogP contribution >= 0.6 is 0 Å². The van der Waals surface area contributed by atoms with Gasteiger partial charge in [-0.1, -0.05) is 36.4 Å². The molecule has 2 saturated carbocycles. The van der Waals surface area contributed by atoms with E-state index in [0.717, 1.165) is 19.3 Å². The first kappa shape index (κ1) is 20.7. The first-order chi connectivity index (χ1) is 14.9. The number of ether oxygens (including phenoxy) is 1. The standard InChI is InChI=1S/C23H22N2O6/c26-19(24-17-7-4-8-18(12-17)25(29)30)13-31-23(28)21-16-10-9-15(11-16)20(21)22(27)14-5-2-1-3-6-14/h1-8,12,15-16,20-21H,9-11,13H2,(H,24,26)/t15-,16-,20-,21-/m0/s1. The summed E-state index contributed by atoms with van der Waals surface area (Å²) in [7, 11) is 0. The van der Waals surface area contributed by atoms with Crippen LogP contribution in [0.15, 0.2) is 54.6 Å². The Labute approximate surface area is 178 Å². The minimum absolute atomic E-state index is 0.0456. The fourth-order valence-electron chi connectivity index (χ4n) is 4.93. The summed E-state index contributed by atoms with van der Waals surface area (Å²) in [4.78, 5) is 48.4. The second-order valence-corrected chi connectivity index (χ2v) is 8.08. The van der Waals surface area contributed by atoms with Crippen molar-refractivity contribution in [1.82, 2.24) is 0 Å². The van der Waals surface area contributed by atoms with Crippen LogP contribution in [0.3, 0.4) is 0 Å². The highest BCUT2D eigenvalue weighted by molar-refractivity contribution is 6.01. The Morgan fingerprint density at radius 3 is 2.42 bits per heavy atom. The van der Waals surface area contributed by atoms with Gasteiger partial charge in [-0.25, -0.2) is 0 Å². The molecule has 2 aromatic carbocycles. The van der Waals surface area contributed by atoms with Crippen LogP contribution in [0.1, 0.15) is 29.6 Å². The van der Waals surface area contributed by atoms with Crippen LogP contribution in [0.25, 0.3) is 0 Å². The number of non-ortho nitro benzene ring substituents is 1. The maximum atomic E-state index is 13.1. The number of nitro benzene ring substituents is 1. The number of carbonyl (C=O) groups excluding carboxylic acids is 3. The molecule has 8 nitrogen and oxygen atoms in total. The maximum Gasteiger partial charge on any atom is 0.310 e. The van der Waals surface area contributed by atoms with Gasteiger partial charge in [0.2, 0.25) is 0 Å². The topological polar surface area (TPSA) is 116 Å². The number of nitro groups is 1. The molecule has 2 aliphatic rings. The molecule has 0 aliphatic heterocycles. The fourth-order valence-corrected chi connectivity index (χ4v) is 4.93. The number of benzene rings is 2. The lowest BCUT2D eigenvalue weighted by Crippen LogP contribution is -2.37. The molecular formula is C23H22N2O6. The highest BCUT2D eigenvalue weighted by atomic mass is 16.6. The van der Waals surface area contributed by atoms with Crippen LogP contribution in [0, 0.1) is 33.8 Å². The number of esters is 1. The second kappa shape index (κ2) is 8.67. The monoisotopic (exact) mass is 422 g/mol. The Morgan fingerprint density at radius 1 is 1.00 bits per heavy atom. The number of fused-ring (bicyclic) bond motifs is 2. The van der Waals surface area contributed by atoms with Crippen molar-refractivity contribution in [2.24, 2.45) is 23.7 Å². The molecule has 31 heavy (non-hydrogen) atoms. The first-order valence-electron chi connectivity index (χ1n) is 10.2. The third-order valence-electron chi connectivity index (χ3n) is 6.24. The number of carbonyl (C=O) groups is 3. The van der Waals surface area contributed by atoms with Gasteiger partial charge in [0, 0.05) is 29.3 Å². The van der Waals surface area contributed by atoms with E-state index in [1.54, 1.807) is 24.3 Å². The molecule has 1 N–H and O–H groups in total. The van der Waals surface area contributed by atoms with Gasteiger partial charge in [0.15, 0.2) is 12.4 Å². The third-order valence-corrected chi connectivity index (χ3v) is 6.24. The predicted molar refractivity (Wildman–Crippen MR) is 111 cm³/mol. The van der Waals surface area contributed by atoms with Crippen molar-refractivity contribution < 1.29 is 24.0 Å². The van der Waals surface area contributed by atoms with Crippen LogP contribution in [0.4, 0.5) is 11.4 Å². The third kappa shape index (κ3) is 4.33. The van der Waals surface area contributed by atoms with E-state index in [4.69, 9.17) is 4.74 Å². The number of hydrogen-bond donors (Lipinski definition) is 1. The Kier molecular flexibility index (Phi) is 5.79. The van der Waals surface area contributed by atoms with E-state index in [1.165, 1.54) is 24.3 Å². The van der Waals surface area contributed by atoms with Gasteiger partial charge in [0.1, 0.15) is 0 Å². The van der Waals surface area contributed by atoms with Gasteiger partial charge in [0.25, 0.3) is 11.6 Å². The van der Waals surface area contributed by atoms with Crippen LogP contribution < -0.4 is 5.32 Å². The van der Waals surface area contributed by atoms with Crippen molar-refractivity contribution in [2.75, 3.05) is 11.9 Å². The van der Waals surface area contributed by atoms with E-state index in [-0.39, 0.29) is 29.0 Å². The molecule has 0 unspecified atom stereocenters. The lowest BCUT2D eigenvalue weighted by atomic mass is 9.75. The highest BCUT2D eigenvalue weighted by Gasteiger charge is 2.54. The zero-order valence-corrected chi connectivity index (χ0v) is 16.7. The summed E-state index contributed by atoms with van der Waals surface area (Å²) in [5.74, 6) is -1.89. The van der Waals surface area contributed by atoms with Gasteiger partial charge >= 0.3 is 5.97 Å². The number of amides is 1. The van der Waals surface area contributed by atoms with Gasteiger partial charge in [-0.15, -0.1) is 0 Å². The van der Waals surface area contributed by atoms with Crippen molar-refractivity contribution in [3.63, 3.8) is 0 Å². The SMILES string of the molecule is O=C(COC(=O)[C@H]1[C@H]2CC[C@@H](C2)[C@@H]1C(=O)c1ccccc1)Nc1cccc([N+](=O)[O-])c1. The molecule has 8 heteroatoms. The quantitative estimate of drug-likeness (QED) is 0.315. The predicted octanol–water partition coefficient (Wildman–Crippen LogP) is 3.62. The summed E-state index contributed by atoms with van der Waals surface area (Å²) < 4.78 is 5.27. The van der Waals surface area contributed by atoms with Crippen molar-refractivity contribution in [3.8, 4) is 0 Å². The van der Waals surface area contributed by atoms with Crippen molar-refractivity contribution in [1.29, 1.82) is 0 Å². The van der Waals surface area contributed by atoms with E-state index >= 15 is 0 Å². The van der Waals surface area contributed by atoms with Crippen molar-refractivity contribution in [3.05, 3.63) is 70.3 Å². The Hall–Kier alpha value is -3.55. The van der Waals surface area contributed by atoms with E-state index in [9.17, 15) is 24.5 Å². The normalized spacial score (nSPS) is 23.9. The van der Waals surface area contributed by atoms with Gasteiger partial charge in [-0.05, 0) is 37.2 Å². The van der Waals surface area contributed by atoms with Gasteiger partial charge in [-0.3, -0.25) is 24.5 Å². The van der Waals surface area contributed by atoms with E-state index in [0.29, 0.717) is 5.56 Å². The lowest BCUT2D eigenvalue weighted by Gasteiger charge is -2.28. The molecule has 160 valence electrons. The number of Topliss-reactive ketones (excluding diaryl/α,β-unsaturated/α-hetero) is 1. The fraction of sp³-hybridized carbons (Fsp3) is 0.348. The summed E-state index contributed by atoms with van der Waals surface area (Å²) in [5, 5.41) is 13.3. The van der Waals surface area contributed by atoms with E-state index in [1.807, 2.05) is 6.07 Å². The summed E-state index contributed by atoms with van der Waals surface area (Å²) in [6, 6.07) is 14.4. The Morgan fingerprint density at radius 2 is 1.71 bits per heavy atom. The zero-order valence-electron chi connectivity index (χ0n) is 16.7. The molecule has 1 amide bonds. The number of ketones is 1. The maximum absolute atomic E-state index is 13.1. The van der Waals surface area contributed by atoms with Crippen LogP contribution in [0.5, 0.6) is 0 Å². The minimum atomic E-state index is -0.594. The second-order valence-electron chi connectivity index (χ2n) is 8.08. The van der Waals surface area contributed by atoms with E-state index < -0.39 is 35.2 Å². The summed E-state index contributed by atoms with van der Waals surface area (Å²) >= 11 is 0. The molecule has 4 atom stereocenters. The average Bonchev–Trinajstić information content (AvgIpc) is 3.39. The van der Waals surface area contributed by atoms with Crippen LogP contribution in [-0.4, -0.2) is 29.2 Å². The molecule has 2 aliphatic carbocycles. The first-order valence-corrected chi connectivity index (χ1v) is 10.2. The molecule has 0 aromatic heterocycles. The molecule has 0 heterocycles. The number of anilines is 1. The Balaban J connectivity index is 1.39. The number of rotatable bonds is 7. The molecule has 2 bridgehead atoms. The smallest absolute Gasteiger partial charge is 0.310 e. The molecule has 2 aromatic rings. The minimum Gasteiger partial charge on any atom is -0.455 e. The number of hydrogen-bond acceptors (Lipinski definition) is 6. The summed E-state index contributed by atoms with van der Waals surface area (Å²) in [6.07, 6.45) is 2.62. The van der Waals surface area contributed by atoms with Crippen LogP contribution in [-0.2, 0) is 14.3 Å². The van der Waals surface area contributed by atoms with Crippen molar-refractivity contribution in [2.45, 2.75) is 19.3 Å². The Bertz CT molecular complexity index is 1020. The number of nitrogens with one attached hydrogen (secondary N) is 1. The molecule has 2 fully saturated rings. The van der Waals surface area contributed by atoms with Crippen molar-refractivity contribution >= 4 is 29.0 Å². The molecule has 0 radical (unpaired) electrons. The van der Waals surface area contributed by atoms with Crippen LogP contribution in [0.2, 0.25) is 0 Å². The largest absolute Gasteiger partial charge is 0.455 e. The summed E-state index contributed by atoms with van der Waals surface area (Å²) in [5.41, 5.74) is 0.674. The lowest BCUT2D eigenvalue weighted by molar-refractivity contribution is -0.384. The molecular weight excluding hydrogens is 400 g/mol. The van der Waals surface area contributed by atoms with Gasteiger partial charge in [0.05, 0.1) is 10.8 Å². The van der Waals surface area contributed by atoms with E-state index in [2.05, 4.69) is 5.32 Å². The number of nitrogens with zero attached hydrogens (tertiary/aromatic N) is 1. The van der Waals surface area contributed by atoms with Gasteiger partial charge in [-0.2, -0.15) is 0 Å². The molecule has 0 saturated heterocycles. The average molecular weight is 422 g/mol. The zero-order chi connectivity index (χ0) is 22.0.